The monoisotopic (exact) mass is 446 g/mol. The van der Waals surface area contributed by atoms with Crippen LogP contribution in [0.25, 0.3) is 11.3 Å². The van der Waals surface area contributed by atoms with Crippen molar-refractivity contribution in [3.63, 3.8) is 0 Å². The molecule has 0 aliphatic heterocycles. The first kappa shape index (κ1) is 21.7. The fourth-order valence-electron chi connectivity index (χ4n) is 3.65. The largest absolute Gasteiger partial charge is 0.465 e. The summed E-state index contributed by atoms with van der Waals surface area (Å²) in [6, 6.07) is 23.0. The van der Waals surface area contributed by atoms with Gasteiger partial charge in [0, 0.05) is 28.9 Å². The molecule has 4 rings (SSSR count). The van der Waals surface area contributed by atoms with Gasteiger partial charge in [-0.2, -0.15) is 0 Å². The summed E-state index contributed by atoms with van der Waals surface area (Å²) >= 11 is 6.12. The van der Waals surface area contributed by atoms with Gasteiger partial charge in [-0.3, -0.25) is 4.98 Å². The number of para-hydroxylation sites is 1. The molecule has 4 aromatic rings. The summed E-state index contributed by atoms with van der Waals surface area (Å²) < 4.78 is 11.4. The molecule has 0 amide bonds. The molecule has 162 valence electrons. The minimum atomic E-state index is -0.442. The Kier molecular flexibility index (Phi) is 6.57. The average molecular weight is 447 g/mol. The molecule has 32 heavy (non-hydrogen) atoms. The van der Waals surface area contributed by atoms with Crippen LogP contribution in [-0.2, 0) is 17.7 Å². The predicted octanol–water partition coefficient (Wildman–Crippen LogP) is 6.68. The summed E-state index contributed by atoms with van der Waals surface area (Å²) in [5.41, 5.74) is 3.64. The zero-order chi connectivity index (χ0) is 22.5. The van der Waals surface area contributed by atoms with Crippen LogP contribution < -0.4 is 4.90 Å². The molecule has 2 aromatic heterocycles. The van der Waals surface area contributed by atoms with Crippen molar-refractivity contribution >= 4 is 28.9 Å². The smallest absolute Gasteiger partial charge is 0.343 e. The highest BCUT2D eigenvalue weighted by atomic mass is 35.5. The van der Waals surface area contributed by atoms with E-state index < -0.39 is 5.97 Å². The fraction of sp³-hybridized carbons (Fsp3) is 0.154. The zero-order valence-corrected chi connectivity index (χ0v) is 18.7. The number of aromatic nitrogens is 1. The first-order chi connectivity index (χ1) is 15.6. The molecule has 0 aliphatic carbocycles. The molecule has 6 heteroatoms. The number of halogens is 1. The summed E-state index contributed by atoms with van der Waals surface area (Å²) in [6.45, 7) is 2.39. The number of hydrogen-bond donors (Lipinski definition) is 0. The predicted molar refractivity (Wildman–Crippen MR) is 126 cm³/mol. The van der Waals surface area contributed by atoms with Crippen LogP contribution >= 0.6 is 11.6 Å². The zero-order valence-electron chi connectivity index (χ0n) is 17.9. The Hall–Kier alpha value is -3.57. The highest BCUT2D eigenvalue weighted by molar-refractivity contribution is 6.30. The molecule has 0 saturated heterocycles. The van der Waals surface area contributed by atoms with Crippen LogP contribution in [0.1, 0.15) is 28.7 Å². The van der Waals surface area contributed by atoms with Gasteiger partial charge in [0.2, 0.25) is 0 Å². The lowest BCUT2D eigenvalue weighted by atomic mass is 10.1. The van der Waals surface area contributed by atoms with Crippen LogP contribution in [0, 0.1) is 0 Å². The minimum absolute atomic E-state index is 0.416. The standard InChI is InChI=1S/C26H23ClN2O3/c1-3-22-23(26(30)31-2)24(25(32-22)18-12-14-19(27)15-13-18)29(21-10-5-4-6-11-21)17-20-9-7-8-16-28-20/h4-16H,3,17H2,1-2H3. The van der Waals surface area contributed by atoms with Gasteiger partial charge in [-0.05, 0) is 48.5 Å². The van der Waals surface area contributed by atoms with Gasteiger partial charge in [-0.1, -0.05) is 42.8 Å². The van der Waals surface area contributed by atoms with E-state index >= 15 is 0 Å². The number of benzene rings is 2. The summed E-state index contributed by atoms with van der Waals surface area (Å²) in [4.78, 5) is 19.5. The third-order valence-electron chi connectivity index (χ3n) is 5.16. The molecular formula is C26H23ClN2O3. The third kappa shape index (κ3) is 4.39. The van der Waals surface area contributed by atoms with Gasteiger partial charge < -0.3 is 14.1 Å². The maximum Gasteiger partial charge on any atom is 0.343 e. The number of ether oxygens (including phenoxy) is 1. The molecule has 0 radical (unpaired) electrons. The molecule has 0 atom stereocenters. The van der Waals surface area contributed by atoms with E-state index in [2.05, 4.69) is 4.98 Å². The quantitative estimate of drug-likeness (QED) is 0.296. The molecule has 0 unspecified atom stereocenters. The Labute approximate surface area is 192 Å². The summed E-state index contributed by atoms with van der Waals surface area (Å²) in [7, 11) is 1.38. The van der Waals surface area contributed by atoms with Crippen LogP contribution in [0.15, 0.2) is 83.4 Å². The molecule has 0 aliphatic rings. The van der Waals surface area contributed by atoms with Gasteiger partial charge in [-0.15, -0.1) is 0 Å². The second kappa shape index (κ2) is 9.71. The SMILES string of the molecule is CCc1oc(-c2ccc(Cl)cc2)c(N(Cc2ccccn2)c2ccccc2)c1C(=O)OC. The Balaban J connectivity index is 1.98. The molecule has 0 N–H and O–H groups in total. The Morgan fingerprint density at radius 3 is 2.38 bits per heavy atom. The van der Waals surface area contributed by atoms with Crippen LogP contribution in [0.5, 0.6) is 0 Å². The van der Waals surface area contributed by atoms with E-state index in [1.54, 1.807) is 18.3 Å². The van der Waals surface area contributed by atoms with Crippen molar-refractivity contribution in [2.24, 2.45) is 0 Å². The van der Waals surface area contributed by atoms with Crippen LogP contribution in [0.3, 0.4) is 0 Å². The van der Waals surface area contributed by atoms with E-state index in [0.717, 1.165) is 16.9 Å². The van der Waals surface area contributed by atoms with E-state index in [1.165, 1.54) is 7.11 Å². The lowest BCUT2D eigenvalue weighted by molar-refractivity contribution is 0.0599. The number of furan rings is 1. The maximum absolute atomic E-state index is 13.0. The molecule has 0 saturated carbocycles. The normalized spacial score (nSPS) is 10.7. The lowest BCUT2D eigenvalue weighted by Gasteiger charge is -2.25. The van der Waals surface area contributed by atoms with Crippen LogP contribution in [0.2, 0.25) is 5.02 Å². The number of carbonyl (C=O) groups is 1. The second-order valence-corrected chi connectivity index (χ2v) is 7.61. The summed E-state index contributed by atoms with van der Waals surface area (Å²) in [5.74, 6) is 0.709. The van der Waals surface area contributed by atoms with Crippen molar-refractivity contribution in [2.75, 3.05) is 12.0 Å². The Morgan fingerprint density at radius 2 is 1.75 bits per heavy atom. The third-order valence-corrected chi connectivity index (χ3v) is 5.41. The molecule has 2 heterocycles. The van der Waals surface area contributed by atoms with E-state index in [0.29, 0.717) is 40.8 Å². The number of carbonyl (C=O) groups excluding carboxylic acids is 1. The average Bonchev–Trinajstić information content (AvgIpc) is 3.23. The van der Waals surface area contributed by atoms with Crippen molar-refractivity contribution < 1.29 is 13.9 Å². The van der Waals surface area contributed by atoms with Gasteiger partial charge in [0.05, 0.1) is 19.3 Å². The molecule has 5 nitrogen and oxygen atoms in total. The molecule has 0 spiro atoms. The van der Waals surface area contributed by atoms with Crippen LogP contribution in [-0.4, -0.2) is 18.1 Å². The van der Waals surface area contributed by atoms with E-state index in [-0.39, 0.29) is 0 Å². The first-order valence-corrected chi connectivity index (χ1v) is 10.7. The molecule has 0 bridgehead atoms. The molecule has 0 fully saturated rings. The maximum atomic E-state index is 13.0. The van der Waals surface area contributed by atoms with E-state index in [1.807, 2.05) is 72.5 Å². The van der Waals surface area contributed by atoms with Gasteiger partial charge in [0.1, 0.15) is 17.0 Å². The fourth-order valence-corrected chi connectivity index (χ4v) is 3.77. The summed E-state index contributed by atoms with van der Waals surface area (Å²) in [5, 5.41) is 0.624. The summed E-state index contributed by atoms with van der Waals surface area (Å²) in [6.07, 6.45) is 2.30. The van der Waals surface area contributed by atoms with Crippen LogP contribution in [0.4, 0.5) is 11.4 Å². The van der Waals surface area contributed by atoms with Gasteiger partial charge in [-0.25, -0.2) is 4.79 Å². The number of hydrogen-bond acceptors (Lipinski definition) is 5. The number of methoxy groups -OCH3 is 1. The number of pyridine rings is 1. The van der Waals surface area contributed by atoms with Crippen molar-refractivity contribution in [1.82, 2.24) is 4.98 Å². The van der Waals surface area contributed by atoms with Gasteiger partial charge in [0.15, 0.2) is 5.76 Å². The number of nitrogens with zero attached hydrogens (tertiary/aromatic N) is 2. The highest BCUT2D eigenvalue weighted by Crippen LogP contribution is 2.43. The number of esters is 1. The van der Waals surface area contributed by atoms with Crippen molar-refractivity contribution in [2.45, 2.75) is 19.9 Å². The van der Waals surface area contributed by atoms with E-state index in [9.17, 15) is 4.79 Å². The Morgan fingerprint density at radius 1 is 1.03 bits per heavy atom. The molecular weight excluding hydrogens is 424 g/mol. The van der Waals surface area contributed by atoms with Crippen molar-refractivity contribution in [3.05, 3.63) is 101 Å². The topological polar surface area (TPSA) is 55.6 Å². The minimum Gasteiger partial charge on any atom is -0.465 e. The van der Waals surface area contributed by atoms with Gasteiger partial charge in [0.25, 0.3) is 0 Å². The van der Waals surface area contributed by atoms with E-state index in [4.69, 9.17) is 20.8 Å². The van der Waals surface area contributed by atoms with Crippen molar-refractivity contribution in [3.8, 4) is 11.3 Å². The number of aryl methyl sites for hydroxylation is 1. The molecule has 2 aromatic carbocycles. The van der Waals surface area contributed by atoms with Gasteiger partial charge >= 0.3 is 5.97 Å². The highest BCUT2D eigenvalue weighted by Gasteiger charge is 2.31. The second-order valence-electron chi connectivity index (χ2n) is 7.17. The number of anilines is 2. The Bertz CT molecular complexity index is 1190. The lowest BCUT2D eigenvalue weighted by Crippen LogP contribution is -2.20. The first-order valence-electron chi connectivity index (χ1n) is 10.3. The van der Waals surface area contributed by atoms with Crippen molar-refractivity contribution in [1.29, 1.82) is 0 Å². The number of rotatable bonds is 7.